The number of likely N-dealkylation sites (tertiary alicyclic amines) is 1. The fourth-order valence-electron chi connectivity index (χ4n) is 1.95. The van der Waals surface area contributed by atoms with Gasteiger partial charge in [0.15, 0.2) is 0 Å². The van der Waals surface area contributed by atoms with Crippen LogP contribution in [0.4, 0.5) is 0 Å². The largest absolute Gasteiger partial charge is 0.352 e. The van der Waals surface area contributed by atoms with Crippen LogP contribution in [-0.4, -0.2) is 36.3 Å². The lowest BCUT2D eigenvalue weighted by atomic mass is 9.96. The molecule has 0 aromatic heterocycles. The summed E-state index contributed by atoms with van der Waals surface area (Å²) in [6.45, 7) is 7.24. The molecule has 1 N–H and O–H groups in total. The highest BCUT2D eigenvalue weighted by atomic mass is 16.2. The normalized spacial score (nSPS) is 15.9. The maximum Gasteiger partial charge on any atom is 0.246 e. The van der Waals surface area contributed by atoms with Crippen molar-refractivity contribution in [3.05, 3.63) is 12.2 Å². The molecular weight excluding hydrogens is 230 g/mol. The molecule has 1 saturated heterocycles. The van der Waals surface area contributed by atoms with Crippen LogP contribution < -0.4 is 5.32 Å². The Kier molecular flexibility index (Phi) is 5.37. The topological polar surface area (TPSA) is 73.2 Å². The molecule has 18 heavy (non-hydrogen) atoms. The Hall–Kier alpha value is -1.83. The SMILES string of the molecule is C=C(C)C(=O)NCC1CCN(C(=O)CC#N)CC1. The van der Waals surface area contributed by atoms with Gasteiger partial charge in [-0.1, -0.05) is 6.58 Å². The second-order valence-corrected chi connectivity index (χ2v) is 4.65. The predicted octanol–water partition coefficient (Wildman–Crippen LogP) is 0.831. The average molecular weight is 249 g/mol. The van der Waals surface area contributed by atoms with Crippen LogP contribution in [0.3, 0.4) is 0 Å². The van der Waals surface area contributed by atoms with Gasteiger partial charge < -0.3 is 10.2 Å². The van der Waals surface area contributed by atoms with Gasteiger partial charge in [-0.2, -0.15) is 5.26 Å². The van der Waals surface area contributed by atoms with Gasteiger partial charge in [0.2, 0.25) is 11.8 Å². The molecule has 0 bridgehead atoms. The van der Waals surface area contributed by atoms with Crippen molar-refractivity contribution in [3.63, 3.8) is 0 Å². The van der Waals surface area contributed by atoms with E-state index in [1.54, 1.807) is 11.8 Å². The minimum Gasteiger partial charge on any atom is -0.352 e. The van der Waals surface area contributed by atoms with Crippen LogP contribution >= 0.6 is 0 Å². The molecule has 0 unspecified atom stereocenters. The molecule has 5 nitrogen and oxygen atoms in total. The first-order valence-electron chi connectivity index (χ1n) is 6.13. The number of piperidine rings is 1. The summed E-state index contributed by atoms with van der Waals surface area (Å²) in [5, 5.41) is 11.3. The average Bonchev–Trinajstić information content (AvgIpc) is 2.36. The molecule has 0 aromatic rings. The molecule has 0 spiro atoms. The molecule has 0 aliphatic carbocycles. The zero-order chi connectivity index (χ0) is 13.5. The van der Waals surface area contributed by atoms with Gasteiger partial charge in [0.05, 0.1) is 6.07 Å². The molecule has 0 aromatic carbocycles. The number of hydrogen-bond acceptors (Lipinski definition) is 3. The molecule has 1 rings (SSSR count). The monoisotopic (exact) mass is 249 g/mol. The van der Waals surface area contributed by atoms with Crippen molar-refractivity contribution in [3.8, 4) is 6.07 Å². The van der Waals surface area contributed by atoms with E-state index in [4.69, 9.17) is 5.26 Å². The molecule has 1 heterocycles. The molecular formula is C13H19N3O2. The van der Waals surface area contributed by atoms with E-state index < -0.39 is 0 Å². The molecule has 0 radical (unpaired) electrons. The Morgan fingerprint density at radius 3 is 2.56 bits per heavy atom. The molecule has 98 valence electrons. The summed E-state index contributed by atoms with van der Waals surface area (Å²) in [6.07, 6.45) is 1.69. The van der Waals surface area contributed by atoms with Gasteiger partial charge in [-0.3, -0.25) is 9.59 Å². The minimum absolute atomic E-state index is 0.0446. The molecule has 1 aliphatic rings. The minimum atomic E-state index is -0.113. The second kappa shape index (κ2) is 6.80. The van der Waals surface area contributed by atoms with Crippen molar-refractivity contribution in [2.75, 3.05) is 19.6 Å². The molecule has 1 aliphatic heterocycles. The van der Waals surface area contributed by atoms with Gasteiger partial charge >= 0.3 is 0 Å². The third kappa shape index (κ3) is 4.21. The first-order chi connectivity index (χ1) is 8.54. The first-order valence-corrected chi connectivity index (χ1v) is 6.13. The van der Waals surface area contributed by atoms with E-state index in [0.717, 1.165) is 12.8 Å². The van der Waals surface area contributed by atoms with Gasteiger partial charge in [0, 0.05) is 25.2 Å². The number of nitrogens with zero attached hydrogens (tertiary/aromatic N) is 2. The lowest BCUT2D eigenvalue weighted by Gasteiger charge is -2.31. The van der Waals surface area contributed by atoms with Crippen molar-refractivity contribution in [2.24, 2.45) is 5.92 Å². The van der Waals surface area contributed by atoms with E-state index in [-0.39, 0.29) is 18.2 Å². The summed E-state index contributed by atoms with van der Waals surface area (Å²) in [6, 6.07) is 1.87. The lowest BCUT2D eigenvalue weighted by molar-refractivity contribution is -0.131. The molecule has 5 heteroatoms. The molecule has 2 amide bonds. The predicted molar refractivity (Wildman–Crippen MR) is 67.4 cm³/mol. The summed E-state index contributed by atoms with van der Waals surface area (Å²) in [5.41, 5.74) is 0.511. The van der Waals surface area contributed by atoms with Gasteiger partial charge in [0.1, 0.15) is 6.42 Å². The van der Waals surface area contributed by atoms with Crippen LogP contribution in [0.1, 0.15) is 26.2 Å². The first kappa shape index (κ1) is 14.2. The summed E-state index contributed by atoms with van der Waals surface area (Å²) in [7, 11) is 0. The van der Waals surface area contributed by atoms with Crippen molar-refractivity contribution in [1.82, 2.24) is 10.2 Å². The van der Waals surface area contributed by atoms with E-state index in [1.807, 2.05) is 6.07 Å². The number of nitrogens with one attached hydrogen (secondary N) is 1. The third-order valence-corrected chi connectivity index (χ3v) is 3.14. The van der Waals surface area contributed by atoms with Crippen LogP contribution in [-0.2, 0) is 9.59 Å². The molecule has 0 atom stereocenters. The Bertz CT molecular complexity index is 376. The van der Waals surface area contributed by atoms with Gasteiger partial charge in [-0.05, 0) is 25.7 Å². The van der Waals surface area contributed by atoms with Gasteiger partial charge in [-0.25, -0.2) is 0 Å². The summed E-state index contributed by atoms with van der Waals surface area (Å²) in [4.78, 5) is 24.5. The van der Waals surface area contributed by atoms with Crippen molar-refractivity contribution in [2.45, 2.75) is 26.2 Å². The van der Waals surface area contributed by atoms with Gasteiger partial charge in [-0.15, -0.1) is 0 Å². The van der Waals surface area contributed by atoms with Crippen molar-refractivity contribution in [1.29, 1.82) is 5.26 Å². The fraction of sp³-hybridized carbons (Fsp3) is 0.615. The van der Waals surface area contributed by atoms with E-state index in [2.05, 4.69) is 11.9 Å². The van der Waals surface area contributed by atoms with Crippen LogP contribution in [0.15, 0.2) is 12.2 Å². The highest BCUT2D eigenvalue weighted by molar-refractivity contribution is 5.92. The summed E-state index contributed by atoms with van der Waals surface area (Å²) in [5.74, 6) is 0.194. The number of carbonyl (C=O) groups is 2. The van der Waals surface area contributed by atoms with Crippen molar-refractivity contribution >= 4 is 11.8 Å². The second-order valence-electron chi connectivity index (χ2n) is 4.65. The quantitative estimate of drug-likeness (QED) is 0.750. The van der Waals surface area contributed by atoms with Crippen LogP contribution in [0.2, 0.25) is 0 Å². The van der Waals surface area contributed by atoms with E-state index >= 15 is 0 Å². The summed E-state index contributed by atoms with van der Waals surface area (Å²) < 4.78 is 0. The maximum absolute atomic E-state index is 11.5. The number of rotatable bonds is 4. The standard InChI is InChI=1S/C13H19N3O2/c1-10(2)13(18)15-9-11-4-7-16(8-5-11)12(17)3-6-14/h11H,1,3-5,7-9H2,2H3,(H,15,18). The number of carbonyl (C=O) groups excluding carboxylic acids is 2. The molecule has 1 fully saturated rings. The fourth-order valence-corrected chi connectivity index (χ4v) is 1.95. The number of nitriles is 1. The number of hydrogen-bond donors (Lipinski definition) is 1. The highest BCUT2D eigenvalue weighted by Crippen LogP contribution is 2.17. The highest BCUT2D eigenvalue weighted by Gasteiger charge is 2.22. The third-order valence-electron chi connectivity index (χ3n) is 3.14. The van der Waals surface area contributed by atoms with Gasteiger partial charge in [0.25, 0.3) is 0 Å². The Morgan fingerprint density at radius 2 is 2.06 bits per heavy atom. The number of amides is 2. The Morgan fingerprint density at radius 1 is 1.44 bits per heavy atom. The van der Waals surface area contributed by atoms with E-state index in [0.29, 0.717) is 31.1 Å². The van der Waals surface area contributed by atoms with E-state index in [9.17, 15) is 9.59 Å². The maximum atomic E-state index is 11.5. The van der Waals surface area contributed by atoms with Crippen LogP contribution in [0.5, 0.6) is 0 Å². The zero-order valence-electron chi connectivity index (χ0n) is 10.7. The summed E-state index contributed by atoms with van der Waals surface area (Å²) >= 11 is 0. The molecule has 0 saturated carbocycles. The van der Waals surface area contributed by atoms with E-state index in [1.165, 1.54) is 0 Å². The Labute approximate surface area is 107 Å². The smallest absolute Gasteiger partial charge is 0.246 e. The van der Waals surface area contributed by atoms with Crippen molar-refractivity contribution < 1.29 is 9.59 Å². The lowest BCUT2D eigenvalue weighted by Crippen LogP contribution is -2.41. The van der Waals surface area contributed by atoms with Crippen LogP contribution in [0, 0.1) is 17.2 Å². The Balaban J connectivity index is 2.28. The van der Waals surface area contributed by atoms with Crippen LogP contribution in [0.25, 0.3) is 0 Å². The zero-order valence-corrected chi connectivity index (χ0v) is 10.7.